The largest absolute Gasteiger partial charge is 0.486 e. The van der Waals surface area contributed by atoms with Crippen molar-refractivity contribution in [2.24, 2.45) is 0 Å². The number of hydrogen-bond acceptors (Lipinski definition) is 4. The summed E-state index contributed by atoms with van der Waals surface area (Å²) in [4.78, 5) is 22.0. The van der Waals surface area contributed by atoms with Gasteiger partial charge in [-0.3, -0.25) is 4.79 Å². The minimum Gasteiger partial charge on any atom is -0.486 e. The van der Waals surface area contributed by atoms with Crippen LogP contribution in [0.3, 0.4) is 0 Å². The van der Waals surface area contributed by atoms with Crippen LogP contribution in [0.15, 0.2) is 12.1 Å². The number of Topliss-reactive ketones (excluding diaryl/α,β-unsaturated/α-hetero) is 1. The van der Waals surface area contributed by atoms with Gasteiger partial charge in [0, 0.05) is 0 Å². The van der Waals surface area contributed by atoms with Gasteiger partial charge in [-0.05, 0) is 18.6 Å². The van der Waals surface area contributed by atoms with Crippen molar-refractivity contribution in [2.45, 2.75) is 6.92 Å². The fraction of sp³-hybridized carbons (Fsp3) is 0.273. The zero-order valence-electron chi connectivity index (χ0n) is 8.65. The lowest BCUT2D eigenvalue weighted by molar-refractivity contribution is -0.131. The van der Waals surface area contributed by atoms with Gasteiger partial charge in [-0.15, -0.1) is 0 Å². The highest BCUT2D eigenvalue weighted by atomic mass is 16.6. The number of fused-ring (bicyclic) bond motifs is 1. The van der Waals surface area contributed by atoms with E-state index in [1.54, 1.807) is 6.07 Å². The van der Waals surface area contributed by atoms with Crippen molar-refractivity contribution in [1.29, 1.82) is 0 Å². The van der Waals surface area contributed by atoms with E-state index < -0.39 is 11.8 Å². The molecule has 0 aliphatic carbocycles. The van der Waals surface area contributed by atoms with Crippen LogP contribution >= 0.6 is 0 Å². The quantitative estimate of drug-likeness (QED) is 0.597. The number of ketones is 1. The Labute approximate surface area is 91.6 Å². The smallest absolute Gasteiger partial charge is 0.377 e. The van der Waals surface area contributed by atoms with E-state index >= 15 is 0 Å². The fourth-order valence-electron chi connectivity index (χ4n) is 1.57. The molecule has 2 rings (SSSR count). The maximum atomic E-state index is 11.4. The van der Waals surface area contributed by atoms with Crippen LogP contribution in [0.2, 0.25) is 0 Å². The highest BCUT2D eigenvalue weighted by Gasteiger charge is 2.25. The molecule has 0 amide bonds. The first-order valence-corrected chi connectivity index (χ1v) is 4.78. The van der Waals surface area contributed by atoms with Crippen molar-refractivity contribution in [2.75, 3.05) is 13.2 Å². The molecule has 0 bridgehead atoms. The van der Waals surface area contributed by atoms with E-state index in [2.05, 4.69) is 0 Å². The van der Waals surface area contributed by atoms with E-state index in [1.165, 1.54) is 6.07 Å². The number of carboxylic acids is 1. The van der Waals surface area contributed by atoms with Crippen LogP contribution in [-0.4, -0.2) is 30.1 Å². The summed E-state index contributed by atoms with van der Waals surface area (Å²) in [5.41, 5.74) is 0.851. The molecular weight excluding hydrogens is 212 g/mol. The van der Waals surface area contributed by atoms with Gasteiger partial charge >= 0.3 is 5.97 Å². The molecule has 16 heavy (non-hydrogen) atoms. The first kappa shape index (κ1) is 10.5. The first-order chi connectivity index (χ1) is 7.61. The van der Waals surface area contributed by atoms with Crippen LogP contribution in [-0.2, 0) is 4.79 Å². The van der Waals surface area contributed by atoms with Crippen molar-refractivity contribution >= 4 is 11.8 Å². The van der Waals surface area contributed by atoms with Gasteiger partial charge in [-0.25, -0.2) is 4.79 Å². The molecule has 1 aromatic carbocycles. The molecule has 84 valence electrons. The third kappa shape index (κ3) is 1.60. The van der Waals surface area contributed by atoms with Crippen molar-refractivity contribution in [3.63, 3.8) is 0 Å². The van der Waals surface area contributed by atoms with E-state index in [4.69, 9.17) is 14.6 Å². The third-order valence-corrected chi connectivity index (χ3v) is 2.32. The van der Waals surface area contributed by atoms with Crippen molar-refractivity contribution < 1.29 is 24.2 Å². The molecule has 0 unspecified atom stereocenters. The second kappa shape index (κ2) is 3.84. The Morgan fingerprint density at radius 2 is 1.81 bits per heavy atom. The molecule has 1 aliphatic heterocycles. The molecule has 0 saturated heterocycles. The summed E-state index contributed by atoms with van der Waals surface area (Å²) >= 11 is 0. The number of hydrogen-bond donors (Lipinski definition) is 1. The Balaban J connectivity index is 2.55. The minimum atomic E-state index is -1.50. The van der Waals surface area contributed by atoms with Crippen molar-refractivity contribution in [3.05, 3.63) is 23.3 Å². The number of aliphatic carboxylic acids is 1. The average Bonchev–Trinajstić information content (AvgIpc) is 2.29. The molecule has 1 N–H and O–H groups in total. The number of rotatable bonds is 2. The molecule has 5 heteroatoms. The number of carbonyl (C=O) groups is 2. The second-order valence-electron chi connectivity index (χ2n) is 3.42. The first-order valence-electron chi connectivity index (χ1n) is 4.78. The number of benzene rings is 1. The zero-order valence-corrected chi connectivity index (χ0v) is 8.65. The van der Waals surface area contributed by atoms with Crippen LogP contribution in [0, 0.1) is 6.92 Å². The van der Waals surface area contributed by atoms with Gasteiger partial charge in [-0.2, -0.15) is 0 Å². The van der Waals surface area contributed by atoms with Crippen LogP contribution in [0.1, 0.15) is 15.9 Å². The molecule has 1 aromatic rings. The molecule has 1 heterocycles. The lowest BCUT2D eigenvalue weighted by atomic mass is 10.1. The molecule has 0 saturated carbocycles. The van der Waals surface area contributed by atoms with Crippen LogP contribution in [0.4, 0.5) is 0 Å². The van der Waals surface area contributed by atoms with Gasteiger partial charge in [-0.1, -0.05) is 6.07 Å². The Hall–Kier alpha value is -2.04. The Morgan fingerprint density at radius 3 is 2.44 bits per heavy atom. The van der Waals surface area contributed by atoms with Crippen molar-refractivity contribution in [1.82, 2.24) is 0 Å². The van der Waals surface area contributed by atoms with Gasteiger partial charge in [0.2, 0.25) is 0 Å². The highest BCUT2D eigenvalue weighted by Crippen LogP contribution is 2.37. The van der Waals surface area contributed by atoms with E-state index in [-0.39, 0.29) is 11.3 Å². The predicted octanol–water partition coefficient (Wildman–Crippen LogP) is 1.03. The average molecular weight is 222 g/mol. The van der Waals surface area contributed by atoms with Gasteiger partial charge in [0.1, 0.15) is 13.2 Å². The van der Waals surface area contributed by atoms with E-state index in [0.717, 1.165) is 5.56 Å². The molecule has 0 aromatic heterocycles. The molecule has 0 spiro atoms. The summed E-state index contributed by atoms with van der Waals surface area (Å²) in [7, 11) is 0. The third-order valence-electron chi connectivity index (χ3n) is 2.32. The monoisotopic (exact) mass is 222 g/mol. The van der Waals surface area contributed by atoms with E-state index in [0.29, 0.717) is 19.0 Å². The molecule has 0 atom stereocenters. The zero-order chi connectivity index (χ0) is 11.7. The summed E-state index contributed by atoms with van der Waals surface area (Å²) in [6.45, 7) is 2.53. The normalized spacial score (nSPS) is 13.3. The van der Waals surface area contributed by atoms with Gasteiger partial charge in [0.15, 0.2) is 11.5 Å². The van der Waals surface area contributed by atoms with Gasteiger partial charge in [0.25, 0.3) is 5.78 Å². The minimum absolute atomic E-state index is 0.0350. The van der Waals surface area contributed by atoms with Crippen LogP contribution in [0.5, 0.6) is 11.5 Å². The molecule has 5 nitrogen and oxygen atoms in total. The molecule has 1 aliphatic rings. The van der Waals surface area contributed by atoms with Gasteiger partial charge in [0.05, 0.1) is 5.56 Å². The number of carboxylic acid groups (broad SMARTS) is 1. The number of ether oxygens (including phenoxy) is 2. The Kier molecular flexibility index (Phi) is 2.52. The van der Waals surface area contributed by atoms with Crippen LogP contribution in [0.25, 0.3) is 0 Å². The fourth-order valence-corrected chi connectivity index (χ4v) is 1.57. The standard InChI is InChI=1S/C11H10O5/c1-6-2-3-7(8(12)11(13)14)10-9(6)15-4-5-16-10/h2-3H,4-5H2,1H3,(H,13,14). The van der Waals surface area contributed by atoms with Crippen molar-refractivity contribution in [3.8, 4) is 11.5 Å². The number of carbonyl (C=O) groups excluding carboxylic acids is 1. The second-order valence-corrected chi connectivity index (χ2v) is 3.42. The SMILES string of the molecule is Cc1ccc(C(=O)C(=O)O)c2c1OCCO2. The molecular formula is C11H10O5. The maximum Gasteiger partial charge on any atom is 0.377 e. The number of aryl methyl sites for hydroxylation is 1. The summed E-state index contributed by atoms with van der Waals surface area (Å²) in [6, 6.07) is 3.09. The predicted molar refractivity (Wildman–Crippen MR) is 54.1 cm³/mol. The summed E-state index contributed by atoms with van der Waals surface area (Å²) in [6.07, 6.45) is 0. The van der Waals surface area contributed by atoms with E-state index in [9.17, 15) is 9.59 Å². The lowest BCUT2D eigenvalue weighted by Crippen LogP contribution is -2.21. The summed E-state index contributed by atoms with van der Waals surface area (Å²) < 4.78 is 10.7. The molecule has 0 radical (unpaired) electrons. The van der Waals surface area contributed by atoms with Gasteiger partial charge < -0.3 is 14.6 Å². The Morgan fingerprint density at radius 1 is 1.19 bits per heavy atom. The molecule has 0 fully saturated rings. The summed E-state index contributed by atoms with van der Waals surface area (Å²) in [5, 5.41) is 8.66. The van der Waals surface area contributed by atoms with E-state index in [1.807, 2.05) is 6.92 Å². The highest BCUT2D eigenvalue weighted by molar-refractivity contribution is 6.40. The topological polar surface area (TPSA) is 72.8 Å². The lowest BCUT2D eigenvalue weighted by Gasteiger charge is -2.21. The maximum absolute atomic E-state index is 11.4. The summed E-state index contributed by atoms with van der Waals surface area (Å²) in [5.74, 6) is -1.79. The van der Waals surface area contributed by atoms with Crippen LogP contribution < -0.4 is 9.47 Å². The Bertz CT molecular complexity index is 464.